The topological polar surface area (TPSA) is 490 Å². The molecule has 0 aliphatic carbocycles. The molecule has 8 aromatic rings. The van der Waals surface area contributed by atoms with E-state index in [0.29, 0.717) is 201 Å². The van der Waals surface area contributed by atoms with Gasteiger partial charge in [-0.3, -0.25) is 39.6 Å². The van der Waals surface area contributed by atoms with Gasteiger partial charge in [0.15, 0.2) is 43.4 Å². The largest absolute Gasteiger partial charge is 0.480 e. The van der Waals surface area contributed by atoms with Crippen LogP contribution in [0.4, 0.5) is 17.6 Å². The van der Waals surface area contributed by atoms with Crippen molar-refractivity contribution in [1.82, 2.24) is 60.8 Å². The van der Waals surface area contributed by atoms with E-state index in [1.165, 1.54) is 106 Å². The minimum atomic E-state index is -1.06. The number of aliphatic imine (C=N–C) groups is 4. The maximum atomic E-state index is 13.9. The number of rotatable bonds is 40. The Morgan fingerprint density at radius 3 is 0.959 bits per heavy atom. The van der Waals surface area contributed by atoms with Gasteiger partial charge in [0.05, 0.1) is 139 Å². The van der Waals surface area contributed by atoms with Crippen molar-refractivity contribution in [3.8, 4) is 0 Å². The van der Waals surface area contributed by atoms with Gasteiger partial charge >= 0.3 is 47.8 Å². The summed E-state index contributed by atoms with van der Waals surface area (Å²) in [5.74, 6) is -6.40. The Kier molecular flexibility index (Phi) is 43.6. The summed E-state index contributed by atoms with van der Waals surface area (Å²) in [6.07, 6.45) is 5.97. The van der Waals surface area contributed by atoms with E-state index in [-0.39, 0.29) is 111 Å². The van der Waals surface area contributed by atoms with Crippen molar-refractivity contribution in [2.45, 2.75) is 76.2 Å². The Morgan fingerprint density at radius 1 is 0.399 bits per heavy atom. The summed E-state index contributed by atoms with van der Waals surface area (Å²) in [5, 5.41) is 58.6. The second-order valence-electron chi connectivity index (χ2n) is 33.0. The lowest BCUT2D eigenvalue weighted by Gasteiger charge is -2.37. The highest BCUT2D eigenvalue weighted by molar-refractivity contribution is 9.10. The molecule has 4 aromatic heterocycles. The molecule has 0 amide bonds. The SMILES string of the molecule is CCOC(=O)C1=C(CN2CCOC(COCC(=O)O)C2)NC(c2nccs2)=N[C@H]1c1ccc(F)cc1Br.CCOC(=O)C1=C(CN2CCOC(COCC(=O)O)C2)NC(c2nccs2)=N[C@H]1c1ccc(F)cc1Cl.CCOC(=O)C1=C(CN2CCOCC2COCC(=O)O)NC(c2nccs2)=N[C@H]1c1ccc(F)cc1Br.CCOC(=O)C1=C(CN2CCOCC2COCC(=O)O)NC(c2nccs2)=N[C@H]1c1ccc(F)cc1Cl. The Hall–Kier alpha value is -11.2. The molecule has 8 aliphatic rings. The van der Waals surface area contributed by atoms with Gasteiger partial charge in [0.25, 0.3) is 0 Å². The Balaban J connectivity index is 0.000000165. The number of carbonyl (C=O) groups excluding carboxylic acids is 4. The number of ether oxygens (including phenoxy) is 12. The second kappa shape index (κ2) is 56.6. The van der Waals surface area contributed by atoms with E-state index < -0.39 is 122 Å². The molecule has 8 atom stereocenters. The highest BCUT2D eigenvalue weighted by atomic mass is 79.9. The highest BCUT2D eigenvalue weighted by Crippen LogP contribution is 2.43. The number of nitrogens with one attached hydrogen (secondary N) is 4. The van der Waals surface area contributed by atoms with Gasteiger partial charge < -0.3 is 98.5 Å². The Labute approximate surface area is 888 Å². The molecule has 4 unspecified atom stereocenters. The van der Waals surface area contributed by atoms with Crippen molar-refractivity contribution in [3.63, 3.8) is 0 Å². The van der Waals surface area contributed by atoms with Gasteiger partial charge in [-0.05, 0) is 87.4 Å². The van der Waals surface area contributed by atoms with Crippen molar-refractivity contribution in [2.75, 3.05) is 184 Å². The molecule has 4 saturated heterocycles. The first-order valence-electron chi connectivity index (χ1n) is 46.3. The molecule has 8 N–H and O–H groups in total. The van der Waals surface area contributed by atoms with E-state index in [0.717, 1.165) is 0 Å². The van der Waals surface area contributed by atoms with E-state index in [2.05, 4.69) is 87.8 Å². The molecule has 0 saturated carbocycles. The second-order valence-corrected chi connectivity index (χ2v) is 39.1. The number of aliphatic carboxylic acids is 4. The number of carbonyl (C=O) groups is 8. The molecule has 0 bridgehead atoms. The molecule has 4 aromatic carbocycles. The third-order valence-electron chi connectivity index (χ3n) is 22.8. The summed E-state index contributed by atoms with van der Waals surface area (Å²) in [5.41, 5.74) is 5.46. The van der Waals surface area contributed by atoms with Crippen LogP contribution >= 0.6 is 100 Å². The minimum Gasteiger partial charge on any atom is -0.480 e. The van der Waals surface area contributed by atoms with E-state index in [1.807, 2.05) is 26.4 Å². The van der Waals surface area contributed by atoms with Gasteiger partial charge in [0, 0.05) is 165 Å². The van der Waals surface area contributed by atoms with Crippen LogP contribution < -0.4 is 21.3 Å². The monoisotopic (exact) mass is 2300 g/mol. The van der Waals surface area contributed by atoms with Crippen LogP contribution in [-0.4, -0.2) is 340 Å². The lowest BCUT2D eigenvalue weighted by molar-refractivity contribution is -0.145. The first-order valence-corrected chi connectivity index (χ1v) is 52.2. The number of nitrogens with zero attached hydrogens (tertiary/aromatic N) is 12. The molecule has 4 fully saturated rings. The van der Waals surface area contributed by atoms with Crippen LogP contribution in [0.15, 0.2) is 193 Å². The average molecular weight is 2300 g/mol. The maximum absolute atomic E-state index is 13.9. The van der Waals surface area contributed by atoms with Crippen LogP contribution in [0.5, 0.6) is 0 Å². The number of halogens is 8. The molecule has 0 radical (unpaired) electrons. The van der Waals surface area contributed by atoms with Gasteiger partial charge in [-0.25, -0.2) is 75.9 Å². The molecule has 40 nitrogen and oxygen atoms in total. The lowest BCUT2D eigenvalue weighted by atomic mass is 9.95. The number of carboxylic acid groups (broad SMARTS) is 4. The summed E-state index contributed by atoms with van der Waals surface area (Å²) in [6, 6.07) is 12.7. The molecule has 16 rings (SSSR count). The Morgan fingerprint density at radius 2 is 0.682 bits per heavy atom. The quantitative estimate of drug-likeness (QED) is 0.0100. The van der Waals surface area contributed by atoms with Crippen molar-refractivity contribution in [2.24, 2.45) is 20.0 Å². The zero-order valence-electron chi connectivity index (χ0n) is 79.9. The number of thiazole rings is 4. The smallest absolute Gasteiger partial charge is 0.338 e. The zero-order valence-corrected chi connectivity index (χ0v) is 87.9. The van der Waals surface area contributed by atoms with E-state index in [1.54, 1.807) is 64.6 Å². The third kappa shape index (κ3) is 31.9. The highest BCUT2D eigenvalue weighted by Gasteiger charge is 2.43. The number of benzene rings is 4. The van der Waals surface area contributed by atoms with Crippen molar-refractivity contribution in [3.05, 3.63) is 249 Å². The summed E-state index contributed by atoms with van der Waals surface area (Å²) in [7, 11) is 0. The fourth-order valence-corrected chi connectivity index (χ4v) is 20.4. The number of carboxylic acids is 4. The van der Waals surface area contributed by atoms with Crippen molar-refractivity contribution in [1.29, 1.82) is 0 Å². The van der Waals surface area contributed by atoms with E-state index in [9.17, 15) is 55.9 Å². The fraction of sp³-hybridized carbons (Fsp3) is 0.417. The molecule has 12 heterocycles. The van der Waals surface area contributed by atoms with E-state index in [4.69, 9.17) is 120 Å². The van der Waals surface area contributed by atoms with Crippen LogP contribution in [-0.2, 0) is 95.2 Å². The zero-order chi connectivity index (χ0) is 105. The molecule has 0 spiro atoms. The van der Waals surface area contributed by atoms with Crippen LogP contribution in [0.1, 0.15) is 94.1 Å². The first-order chi connectivity index (χ1) is 71.4. The normalized spacial score (nSPS) is 20.4. The predicted octanol–water partition coefficient (Wildman–Crippen LogP) is 10.8. The van der Waals surface area contributed by atoms with Gasteiger partial charge in [0.2, 0.25) is 0 Å². The van der Waals surface area contributed by atoms with E-state index >= 15 is 0 Å². The molecule has 792 valence electrons. The van der Waals surface area contributed by atoms with Crippen LogP contribution in [0.3, 0.4) is 0 Å². The standard InChI is InChI=1S/2C24H26BrFN4O6S.2C24H26ClFN4O6S/c1-2-36-24(33)20-18(10-30-6-7-34-11-15(30)12-35-13-19(31)32)28-22(23-27-5-8-37-23)29-21(20)16-4-3-14(26)9-17(16)25;1-2-35-24(33)20-18(11-30-6-7-36-15(10-30)12-34-13-19(31)32)28-22(23-27-5-8-37-23)29-21(20)16-4-3-14(26)9-17(16)25;1-2-36-24(33)20-18(10-30-6-7-34-11-15(30)12-35-13-19(31)32)28-22(23-27-5-8-37-23)29-21(20)16-4-3-14(26)9-17(16)25;1-2-35-24(33)20-18(11-30-6-7-36-15(10-30)12-34-13-19(31)32)28-22(23-27-5-8-37-23)29-21(20)16-4-3-14(26)9-17(16)25/h4*3-5,8-9,15,21H,2,6-7,10-13H2,1H3,(H,28,29)(H,31,32)/t4*15?,21-/m0000/s1. The van der Waals surface area contributed by atoms with Crippen LogP contribution in [0, 0.1) is 23.3 Å². The summed E-state index contributed by atoms with van der Waals surface area (Å²) in [4.78, 5) is 141. The summed E-state index contributed by atoms with van der Waals surface area (Å²) >= 11 is 25.2. The molecule has 52 heteroatoms. The maximum Gasteiger partial charge on any atom is 0.338 e. The van der Waals surface area contributed by atoms with Gasteiger partial charge in [-0.1, -0.05) is 79.3 Å². The minimum absolute atomic E-state index is 0.125. The number of hydrogen-bond donors (Lipinski definition) is 8. The molecular formula is C96H104Br2Cl2F4N16O24S4. The first kappa shape index (κ1) is 114. The number of morpholine rings is 4. The Bertz CT molecular complexity index is 5870. The number of amidine groups is 4. The van der Waals surface area contributed by atoms with Crippen molar-refractivity contribution >= 4 is 172 Å². The summed E-state index contributed by atoms with van der Waals surface area (Å²) in [6.45, 7) is 13.2. The van der Waals surface area contributed by atoms with Crippen LogP contribution in [0.2, 0.25) is 10.0 Å². The van der Waals surface area contributed by atoms with Gasteiger partial charge in [-0.2, -0.15) is 0 Å². The van der Waals surface area contributed by atoms with Crippen LogP contribution in [0.25, 0.3) is 0 Å². The lowest BCUT2D eigenvalue weighted by Crippen LogP contribution is -2.51. The van der Waals surface area contributed by atoms with Crippen molar-refractivity contribution < 1.29 is 133 Å². The molecular weight excluding hydrogens is 2200 g/mol. The molecule has 8 aliphatic heterocycles. The van der Waals surface area contributed by atoms with Gasteiger partial charge in [-0.15, -0.1) is 45.3 Å². The summed E-state index contributed by atoms with van der Waals surface area (Å²) < 4.78 is 122. The number of aromatic nitrogens is 4. The third-order valence-corrected chi connectivity index (χ3v) is 28.0. The predicted molar refractivity (Wildman–Crippen MR) is 542 cm³/mol. The average Bonchev–Trinajstić information content (AvgIpc) is 1.09. The fourth-order valence-electron chi connectivity index (χ4n) is 16.4. The molecule has 148 heavy (non-hydrogen) atoms. The number of hydrogen-bond acceptors (Lipinski definition) is 40. The number of esters is 4. The van der Waals surface area contributed by atoms with Gasteiger partial charge in [0.1, 0.15) is 73.9 Å².